The summed E-state index contributed by atoms with van der Waals surface area (Å²) in [5.41, 5.74) is -0.626. The van der Waals surface area contributed by atoms with Crippen LogP contribution >= 0.6 is 0 Å². The number of fused-ring (bicyclic) bond motifs is 3. The van der Waals surface area contributed by atoms with E-state index in [-0.39, 0.29) is 17.8 Å². The van der Waals surface area contributed by atoms with Gasteiger partial charge in [-0.15, -0.1) is 0 Å². The molecule has 2 aromatic heterocycles. The first-order valence-electron chi connectivity index (χ1n) is 7.14. The summed E-state index contributed by atoms with van der Waals surface area (Å²) in [6.07, 6.45) is 4.07. The van der Waals surface area contributed by atoms with E-state index in [2.05, 4.69) is 19.9 Å². The summed E-state index contributed by atoms with van der Waals surface area (Å²) < 4.78 is 5.78. The van der Waals surface area contributed by atoms with Crippen LogP contribution in [-0.2, 0) is 4.74 Å². The SMILES string of the molecule is O=C(O)c1cc2cnc(N3C[C@H]4CC[C@@H](C3)O4)nc2[nH]c1=O. The molecule has 2 aromatic rings. The van der Waals surface area contributed by atoms with Gasteiger partial charge in [0.05, 0.1) is 12.2 Å². The Bertz CT molecular complexity index is 806. The molecule has 2 bridgehead atoms. The van der Waals surface area contributed by atoms with E-state index in [0.717, 1.165) is 25.9 Å². The molecule has 2 atom stereocenters. The smallest absolute Gasteiger partial charge is 0.341 e. The van der Waals surface area contributed by atoms with Gasteiger partial charge in [-0.3, -0.25) is 4.79 Å². The fraction of sp³-hybridized carbons (Fsp3) is 0.429. The summed E-state index contributed by atoms with van der Waals surface area (Å²) >= 11 is 0. The Morgan fingerprint density at radius 2 is 2.09 bits per heavy atom. The number of hydrogen-bond donors (Lipinski definition) is 2. The van der Waals surface area contributed by atoms with Crippen LogP contribution in [-0.4, -0.2) is 51.3 Å². The summed E-state index contributed by atoms with van der Waals surface area (Å²) in [6.45, 7) is 1.47. The Balaban J connectivity index is 1.73. The maximum absolute atomic E-state index is 11.7. The minimum absolute atomic E-state index is 0.214. The summed E-state index contributed by atoms with van der Waals surface area (Å²) in [5.74, 6) is -0.733. The van der Waals surface area contributed by atoms with Crippen molar-refractivity contribution in [3.05, 3.63) is 28.2 Å². The van der Waals surface area contributed by atoms with Crippen LogP contribution < -0.4 is 10.5 Å². The van der Waals surface area contributed by atoms with Gasteiger partial charge in [0.2, 0.25) is 5.95 Å². The van der Waals surface area contributed by atoms with Gasteiger partial charge in [0.1, 0.15) is 11.2 Å². The van der Waals surface area contributed by atoms with Gasteiger partial charge < -0.3 is 19.7 Å². The Morgan fingerprint density at radius 3 is 2.77 bits per heavy atom. The number of carboxylic acids is 1. The number of rotatable bonds is 2. The van der Waals surface area contributed by atoms with Crippen LogP contribution in [0.4, 0.5) is 5.95 Å². The molecule has 0 aromatic carbocycles. The third-order valence-corrected chi connectivity index (χ3v) is 4.14. The minimum Gasteiger partial charge on any atom is -0.477 e. The van der Waals surface area contributed by atoms with Gasteiger partial charge in [0.25, 0.3) is 5.56 Å². The van der Waals surface area contributed by atoms with Crippen LogP contribution in [0.5, 0.6) is 0 Å². The highest BCUT2D eigenvalue weighted by atomic mass is 16.5. The largest absolute Gasteiger partial charge is 0.477 e. The van der Waals surface area contributed by atoms with Crippen molar-refractivity contribution in [3.8, 4) is 0 Å². The molecule has 0 saturated carbocycles. The van der Waals surface area contributed by atoms with E-state index in [4.69, 9.17) is 9.84 Å². The molecule has 22 heavy (non-hydrogen) atoms. The molecule has 2 fully saturated rings. The Kier molecular flexibility index (Phi) is 2.86. The van der Waals surface area contributed by atoms with Gasteiger partial charge in [-0.05, 0) is 18.9 Å². The molecule has 0 amide bonds. The van der Waals surface area contributed by atoms with Crippen LogP contribution in [0, 0.1) is 0 Å². The van der Waals surface area contributed by atoms with E-state index in [0.29, 0.717) is 17.0 Å². The molecule has 2 aliphatic rings. The molecule has 2 N–H and O–H groups in total. The first kappa shape index (κ1) is 13.2. The monoisotopic (exact) mass is 302 g/mol. The molecule has 0 radical (unpaired) electrons. The van der Waals surface area contributed by atoms with Gasteiger partial charge in [-0.25, -0.2) is 9.78 Å². The predicted molar refractivity (Wildman–Crippen MR) is 77.2 cm³/mol. The van der Waals surface area contributed by atoms with E-state index >= 15 is 0 Å². The van der Waals surface area contributed by atoms with Crippen LogP contribution in [0.2, 0.25) is 0 Å². The molecule has 2 aliphatic heterocycles. The average molecular weight is 302 g/mol. The van der Waals surface area contributed by atoms with E-state index in [9.17, 15) is 9.59 Å². The average Bonchev–Trinajstić information content (AvgIpc) is 2.84. The van der Waals surface area contributed by atoms with Crippen molar-refractivity contribution in [1.29, 1.82) is 0 Å². The van der Waals surface area contributed by atoms with Gasteiger partial charge in [-0.1, -0.05) is 0 Å². The number of pyridine rings is 1. The highest BCUT2D eigenvalue weighted by Gasteiger charge is 2.34. The lowest BCUT2D eigenvalue weighted by atomic mass is 10.2. The molecule has 0 spiro atoms. The second-order valence-corrected chi connectivity index (χ2v) is 5.65. The minimum atomic E-state index is -1.27. The number of hydrogen-bond acceptors (Lipinski definition) is 6. The molecule has 8 heteroatoms. The molecule has 2 saturated heterocycles. The zero-order chi connectivity index (χ0) is 15.3. The van der Waals surface area contributed by atoms with Crippen molar-refractivity contribution >= 4 is 23.0 Å². The molecular formula is C14H14N4O4. The number of aromatic carboxylic acids is 1. The number of aromatic nitrogens is 3. The zero-order valence-corrected chi connectivity index (χ0v) is 11.7. The van der Waals surface area contributed by atoms with Crippen LogP contribution in [0.3, 0.4) is 0 Å². The number of ether oxygens (including phenoxy) is 1. The molecule has 4 heterocycles. The molecule has 114 valence electrons. The van der Waals surface area contributed by atoms with Crippen LogP contribution in [0.25, 0.3) is 11.0 Å². The van der Waals surface area contributed by atoms with Gasteiger partial charge in [0.15, 0.2) is 0 Å². The molecule has 4 rings (SSSR count). The quantitative estimate of drug-likeness (QED) is 0.825. The topological polar surface area (TPSA) is 108 Å². The number of anilines is 1. The second-order valence-electron chi connectivity index (χ2n) is 5.65. The lowest BCUT2D eigenvalue weighted by Gasteiger charge is -2.32. The van der Waals surface area contributed by atoms with Gasteiger partial charge in [-0.2, -0.15) is 4.98 Å². The highest BCUT2D eigenvalue weighted by Crippen LogP contribution is 2.28. The normalized spacial score (nSPS) is 23.9. The predicted octanol–water partition coefficient (Wildman–Crippen LogP) is 0.384. The number of H-pyrrole nitrogens is 1. The first-order chi connectivity index (χ1) is 10.6. The van der Waals surface area contributed by atoms with Crippen molar-refractivity contribution in [2.75, 3.05) is 18.0 Å². The first-order valence-corrected chi connectivity index (χ1v) is 7.14. The van der Waals surface area contributed by atoms with E-state index in [1.165, 1.54) is 12.3 Å². The lowest BCUT2D eigenvalue weighted by Crippen LogP contribution is -2.43. The molecular weight excluding hydrogens is 288 g/mol. The number of morpholine rings is 1. The van der Waals surface area contributed by atoms with E-state index in [1.807, 2.05) is 0 Å². The zero-order valence-electron chi connectivity index (χ0n) is 11.7. The number of carbonyl (C=O) groups is 1. The molecule has 0 aliphatic carbocycles. The van der Waals surface area contributed by atoms with Crippen molar-refractivity contribution < 1.29 is 14.6 Å². The van der Waals surface area contributed by atoms with Crippen molar-refractivity contribution in [3.63, 3.8) is 0 Å². The number of nitrogens with one attached hydrogen (secondary N) is 1. The Morgan fingerprint density at radius 1 is 1.36 bits per heavy atom. The van der Waals surface area contributed by atoms with Gasteiger partial charge >= 0.3 is 5.97 Å². The Hall–Kier alpha value is -2.48. The number of nitrogens with zero attached hydrogens (tertiary/aromatic N) is 3. The fourth-order valence-corrected chi connectivity index (χ4v) is 3.07. The maximum Gasteiger partial charge on any atom is 0.341 e. The summed E-state index contributed by atoms with van der Waals surface area (Å²) in [7, 11) is 0. The summed E-state index contributed by atoms with van der Waals surface area (Å²) in [4.78, 5) is 36.0. The van der Waals surface area contributed by atoms with Crippen LogP contribution in [0.15, 0.2) is 17.1 Å². The van der Waals surface area contributed by atoms with E-state index in [1.54, 1.807) is 0 Å². The molecule has 8 nitrogen and oxygen atoms in total. The van der Waals surface area contributed by atoms with Crippen molar-refractivity contribution in [2.24, 2.45) is 0 Å². The third kappa shape index (κ3) is 2.12. The van der Waals surface area contributed by atoms with Crippen molar-refractivity contribution in [1.82, 2.24) is 15.0 Å². The maximum atomic E-state index is 11.7. The number of aromatic amines is 1. The lowest BCUT2D eigenvalue weighted by molar-refractivity contribution is 0.0299. The standard InChI is InChI=1S/C14H14N4O4/c19-12-10(13(20)21)3-7-4-15-14(17-11(7)16-12)18-5-8-1-2-9(6-18)22-8/h3-4,8-9H,1-2,5-6H2,(H,20,21)(H,15,16,17,19)/t8-,9+. The third-order valence-electron chi connectivity index (χ3n) is 4.14. The van der Waals surface area contributed by atoms with Crippen LogP contribution in [0.1, 0.15) is 23.2 Å². The summed E-state index contributed by atoms with van der Waals surface area (Å²) in [5, 5.41) is 9.46. The van der Waals surface area contributed by atoms with E-state index < -0.39 is 11.5 Å². The fourth-order valence-electron chi connectivity index (χ4n) is 3.07. The number of carboxylic acid groups (broad SMARTS) is 1. The Labute approximate surface area is 124 Å². The van der Waals surface area contributed by atoms with Crippen molar-refractivity contribution in [2.45, 2.75) is 25.0 Å². The highest BCUT2D eigenvalue weighted by molar-refractivity contribution is 5.91. The van der Waals surface area contributed by atoms with Gasteiger partial charge in [0, 0.05) is 24.7 Å². The summed E-state index contributed by atoms with van der Waals surface area (Å²) in [6, 6.07) is 1.29. The molecule has 0 unspecified atom stereocenters. The second kappa shape index (κ2) is 4.77.